The fraction of sp³-hybridized carbons (Fsp3) is 0.0952. The predicted octanol–water partition coefficient (Wildman–Crippen LogP) is 2.93. The zero-order valence-corrected chi connectivity index (χ0v) is 18.0. The summed E-state index contributed by atoms with van der Waals surface area (Å²) >= 11 is 5.95. The van der Waals surface area contributed by atoms with Crippen molar-refractivity contribution in [2.45, 2.75) is 4.90 Å². The van der Waals surface area contributed by atoms with Gasteiger partial charge in [0.05, 0.1) is 29.0 Å². The molecule has 2 amide bonds. The first-order valence-electron chi connectivity index (χ1n) is 9.10. The quantitative estimate of drug-likeness (QED) is 0.565. The maximum Gasteiger partial charge on any atom is 0.264 e. The third-order valence-electron chi connectivity index (χ3n) is 4.28. The van der Waals surface area contributed by atoms with Gasteiger partial charge in [-0.2, -0.15) is 0 Å². The van der Waals surface area contributed by atoms with Gasteiger partial charge in [-0.15, -0.1) is 0 Å². The van der Waals surface area contributed by atoms with Crippen LogP contribution in [0.1, 0.15) is 10.4 Å². The Morgan fingerprint density at radius 1 is 1.06 bits per heavy atom. The van der Waals surface area contributed by atoms with Gasteiger partial charge in [-0.05, 0) is 48.5 Å². The Kier molecular flexibility index (Phi) is 6.88. The molecule has 2 aromatic carbocycles. The number of nitrogens with zero attached hydrogens (tertiary/aromatic N) is 2. The molecule has 0 atom stereocenters. The maximum atomic E-state index is 13.0. The van der Waals surface area contributed by atoms with Gasteiger partial charge in [0.25, 0.3) is 15.9 Å². The van der Waals surface area contributed by atoms with Crippen LogP contribution in [0.2, 0.25) is 5.02 Å². The molecule has 0 aliphatic rings. The normalized spacial score (nSPS) is 10.9. The van der Waals surface area contributed by atoms with E-state index < -0.39 is 21.8 Å². The number of hydrogen-bond donors (Lipinski definition) is 2. The molecule has 3 aromatic rings. The van der Waals surface area contributed by atoms with E-state index in [1.165, 1.54) is 43.6 Å². The van der Waals surface area contributed by atoms with Gasteiger partial charge in [0.15, 0.2) is 0 Å². The van der Waals surface area contributed by atoms with Gasteiger partial charge < -0.3 is 10.6 Å². The van der Waals surface area contributed by atoms with Crippen molar-refractivity contribution in [3.63, 3.8) is 0 Å². The Morgan fingerprint density at radius 3 is 2.55 bits per heavy atom. The van der Waals surface area contributed by atoms with Crippen molar-refractivity contribution in [1.29, 1.82) is 0 Å². The van der Waals surface area contributed by atoms with Crippen molar-refractivity contribution in [2.75, 3.05) is 23.2 Å². The molecule has 10 heteroatoms. The van der Waals surface area contributed by atoms with Crippen LogP contribution in [-0.4, -0.2) is 38.8 Å². The molecule has 2 N–H and O–H groups in total. The van der Waals surface area contributed by atoms with Gasteiger partial charge in [-0.25, -0.2) is 8.42 Å². The van der Waals surface area contributed by atoms with Gasteiger partial charge in [-0.1, -0.05) is 23.7 Å². The van der Waals surface area contributed by atoms with E-state index in [2.05, 4.69) is 15.6 Å². The largest absolute Gasteiger partial charge is 0.343 e. The Hall–Kier alpha value is -3.43. The van der Waals surface area contributed by atoms with Crippen molar-refractivity contribution in [3.8, 4) is 0 Å². The van der Waals surface area contributed by atoms with Crippen LogP contribution in [-0.2, 0) is 14.8 Å². The third kappa shape index (κ3) is 5.59. The number of hydrogen-bond acceptors (Lipinski definition) is 5. The number of anilines is 2. The van der Waals surface area contributed by atoms with E-state index in [9.17, 15) is 18.0 Å². The van der Waals surface area contributed by atoms with E-state index >= 15 is 0 Å². The minimum atomic E-state index is -3.93. The molecule has 0 bridgehead atoms. The van der Waals surface area contributed by atoms with Crippen LogP contribution < -0.4 is 14.9 Å². The van der Waals surface area contributed by atoms with Gasteiger partial charge in [0.1, 0.15) is 0 Å². The van der Waals surface area contributed by atoms with Crippen LogP contribution in [0.3, 0.4) is 0 Å². The molecule has 0 spiro atoms. The Balaban J connectivity index is 1.70. The number of carbonyl (C=O) groups is 2. The fourth-order valence-corrected chi connectivity index (χ4v) is 4.09. The van der Waals surface area contributed by atoms with Gasteiger partial charge >= 0.3 is 0 Å². The number of amides is 2. The number of aromatic nitrogens is 1. The highest BCUT2D eigenvalue weighted by Crippen LogP contribution is 2.25. The van der Waals surface area contributed by atoms with E-state index in [1.54, 1.807) is 36.5 Å². The predicted molar refractivity (Wildman–Crippen MR) is 119 cm³/mol. The number of benzene rings is 2. The number of halogens is 1. The summed E-state index contributed by atoms with van der Waals surface area (Å²) in [6.07, 6.45) is 3.05. The molecular weight excluding hydrogens is 440 g/mol. The molecular formula is C21H19ClN4O4S. The molecule has 0 aliphatic heterocycles. The fourth-order valence-electron chi connectivity index (χ4n) is 2.67. The summed E-state index contributed by atoms with van der Waals surface area (Å²) in [5.41, 5.74) is 0.989. The molecule has 160 valence electrons. The van der Waals surface area contributed by atoms with Crippen molar-refractivity contribution in [1.82, 2.24) is 10.3 Å². The smallest absolute Gasteiger partial charge is 0.264 e. The summed E-state index contributed by atoms with van der Waals surface area (Å²) in [7, 11) is -2.53. The van der Waals surface area contributed by atoms with Crippen molar-refractivity contribution < 1.29 is 18.0 Å². The van der Waals surface area contributed by atoms with Crippen LogP contribution >= 0.6 is 11.6 Å². The zero-order chi connectivity index (χ0) is 22.4. The highest BCUT2D eigenvalue weighted by Gasteiger charge is 2.22. The lowest BCUT2D eigenvalue weighted by molar-refractivity contribution is -0.115. The standard InChI is InChI=1S/C21H19ClN4O4S/c1-26(18-8-3-6-16(22)12-18)31(29,30)19-9-2-5-15(11-19)21(28)24-14-20(27)25-17-7-4-10-23-13-17/h2-13H,14H2,1H3,(H,24,28)(H,25,27). The highest BCUT2D eigenvalue weighted by atomic mass is 35.5. The van der Waals surface area contributed by atoms with Gasteiger partial charge in [-0.3, -0.25) is 18.9 Å². The van der Waals surface area contributed by atoms with Crippen molar-refractivity contribution in [3.05, 3.63) is 83.6 Å². The maximum absolute atomic E-state index is 13.0. The molecule has 31 heavy (non-hydrogen) atoms. The molecule has 3 rings (SSSR count). The SMILES string of the molecule is CN(c1cccc(Cl)c1)S(=O)(=O)c1cccc(C(=O)NCC(=O)Nc2cccnc2)c1. The summed E-state index contributed by atoms with van der Waals surface area (Å²) in [6.45, 7) is -0.285. The van der Waals surface area contributed by atoms with Crippen LogP contribution in [0.15, 0.2) is 78.0 Å². The molecule has 0 radical (unpaired) electrons. The van der Waals surface area contributed by atoms with E-state index in [4.69, 9.17) is 11.6 Å². The van der Waals surface area contributed by atoms with Crippen LogP contribution in [0.4, 0.5) is 11.4 Å². The molecule has 0 saturated carbocycles. The number of rotatable bonds is 7. The molecule has 1 heterocycles. The minimum Gasteiger partial charge on any atom is -0.343 e. The summed E-state index contributed by atoms with van der Waals surface area (Å²) in [4.78, 5) is 28.2. The number of pyridine rings is 1. The molecule has 1 aromatic heterocycles. The van der Waals surface area contributed by atoms with E-state index in [0.29, 0.717) is 16.4 Å². The lowest BCUT2D eigenvalue weighted by Gasteiger charge is -2.20. The number of nitrogens with one attached hydrogen (secondary N) is 2. The Bertz CT molecular complexity index is 1200. The summed E-state index contributed by atoms with van der Waals surface area (Å²) in [5.74, 6) is -1.02. The van der Waals surface area contributed by atoms with E-state index in [-0.39, 0.29) is 17.0 Å². The lowest BCUT2D eigenvalue weighted by Crippen LogP contribution is -2.33. The summed E-state index contributed by atoms with van der Waals surface area (Å²) < 4.78 is 27.0. The molecule has 0 saturated heterocycles. The monoisotopic (exact) mass is 458 g/mol. The molecule has 0 fully saturated rings. The first kappa shape index (κ1) is 22.3. The average molecular weight is 459 g/mol. The average Bonchev–Trinajstić information content (AvgIpc) is 2.77. The third-order valence-corrected chi connectivity index (χ3v) is 6.30. The zero-order valence-electron chi connectivity index (χ0n) is 16.4. The molecule has 0 unspecified atom stereocenters. The lowest BCUT2D eigenvalue weighted by atomic mass is 10.2. The first-order valence-corrected chi connectivity index (χ1v) is 10.9. The minimum absolute atomic E-state index is 0.0672. The summed E-state index contributed by atoms with van der Waals surface area (Å²) in [5, 5.41) is 5.46. The van der Waals surface area contributed by atoms with Crippen LogP contribution in [0.25, 0.3) is 0 Å². The number of sulfonamides is 1. The van der Waals surface area contributed by atoms with Gasteiger partial charge in [0, 0.05) is 23.8 Å². The second kappa shape index (κ2) is 9.59. The second-order valence-corrected chi connectivity index (χ2v) is 8.86. The van der Waals surface area contributed by atoms with Crippen LogP contribution in [0.5, 0.6) is 0 Å². The summed E-state index contributed by atoms with van der Waals surface area (Å²) in [6, 6.07) is 15.3. The Labute approximate surface area is 184 Å². The van der Waals surface area contributed by atoms with Crippen molar-refractivity contribution in [2.24, 2.45) is 0 Å². The van der Waals surface area contributed by atoms with Crippen LogP contribution in [0, 0.1) is 0 Å². The topological polar surface area (TPSA) is 108 Å². The van der Waals surface area contributed by atoms with Crippen molar-refractivity contribution >= 4 is 44.8 Å². The highest BCUT2D eigenvalue weighted by molar-refractivity contribution is 7.92. The van der Waals surface area contributed by atoms with E-state index in [0.717, 1.165) is 4.31 Å². The van der Waals surface area contributed by atoms with Gasteiger partial charge in [0.2, 0.25) is 5.91 Å². The first-order chi connectivity index (χ1) is 14.8. The second-order valence-electron chi connectivity index (χ2n) is 6.45. The molecule has 0 aliphatic carbocycles. The van der Waals surface area contributed by atoms with E-state index in [1.807, 2.05) is 0 Å². The number of carbonyl (C=O) groups excluding carboxylic acids is 2. The molecule has 8 nitrogen and oxygen atoms in total. The Morgan fingerprint density at radius 2 is 1.84 bits per heavy atom.